The molecule has 1 aromatic rings. The Morgan fingerprint density at radius 1 is 1.48 bits per heavy atom. The minimum atomic E-state index is -0.453. The number of ether oxygens (including phenoxy) is 2. The van der Waals surface area contributed by atoms with Crippen molar-refractivity contribution in [1.82, 2.24) is 5.32 Å². The van der Waals surface area contributed by atoms with E-state index in [-0.39, 0.29) is 24.4 Å². The highest BCUT2D eigenvalue weighted by Gasteiger charge is 2.22. The summed E-state index contributed by atoms with van der Waals surface area (Å²) in [5.41, 5.74) is 7.91. The molecule has 0 radical (unpaired) electrons. The van der Waals surface area contributed by atoms with Crippen molar-refractivity contribution in [3.63, 3.8) is 0 Å². The van der Waals surface area contributed by atoms with Gasteiger partial charge in [-0.05, 0) is 32.4 Å². The van der Waals surface area contributed by atoms with E-state index in [0.29, 0.717) is 19.6 Å². The lowest BCUT2D eigenvalue weighted by Crippen LogP contribution is -2.40. The molecule has 3 N–H and O–H groups in total. The van der Waals surface area contributed by atoms with Gasteiger partial charge in [-0.25, -0.2) is 0 Å². The lowest BCUT2D eigenvalue weighted by Gasteiger charge is -2.15. The Kier molecular flexibility index (Phi) is 7.65. The number of carbonyl (C=O) groups is 1. The Labute approximate surface area is 144 Å². The maximum atomic E-state index is 12.0. The van der Waals surface area contributed by atoms with Gasteiger partial charge in [0, 0.05) is 24.1 Å². The Bertz CT molecular complexity index is 537. The van der Waals surface area contributed by atoms with E-state index in [1.807, 2.05) is 32.9 Å². The van der Waals surface area contributed by atoms with Crippen molar-refractivity contribution >= 4 is 18.3 Å². The van der Waals surface area contributed by atoms with E-state index in [9.17, 15) is 4.79 Å². The van der Waals surface area contributed by atoms with E-state index in [2.05, 4.69) is 5.32 Å². The van der Waals surface area contributed by atoms with Crippen LogP contribution < -0.4 is 20.5 Å². The van der Waals surface area contributed by atoms with Crippen LogP contribution in [-0.4, -0.2) is 24.7 Å². The molecule has 6 heteroatoms. The topological polar surface area (TPSA) is 73.6 Å². The third-order valence-corrected chi connectivity index (χ3v) is 3.77. The molecule has 0 aliphatic carbocycles. The molecule has 0 bridgehead atoms. The standard InChI is InChI=1S/C17H26N2O3.ClH/c1-4-6-14(18)17(20)19-10-13-9-16-12(7-11(3)22-16)8-15(13)21-5-2;/h8-9,11,14H,4-7,10,18H2,1-3H3,(H,19,20);1H. The molecule has 2 unspecified atom stereocenters. The van der Waals surface area contributed by atoms with Crippen LogP contribution in [0, 0.1) is 0 Å². The third kappa shape index (κ3) is 5.01. The van der Waals surface area contributed by atoms with Crippen molar-refractivity contribution in [2.45, 2.75) is 58.7 Å². The first-order valence-electron chi connectivity index (χ1n) is 8.03. The quantitative estimate of drug-likeness (QED) is 0.798. The van der Waals surface area contributed by atoms with Crippen molar-refractivity contribution in [3.8, 4) is 11.5 Å². The van der Waals surface area contributed by atoms with Crippen molar-refractivity contribution < 1.29 is 14.3 Å². The van der Waals surface area contributed by atoms with Gasteiger partial charge >= 0.3 is 0 Å². The summed E-state index contributed by atoms with van der Waals surface area (Å²) in [5.74, 6) is 1.57. The summed E-state index contributed by atoms with van der Waals surface area (Å²) in [5, 5.41) is 2.89. The van der Waals surface area contributed by atoms with Crippen molar-refractivity contribution in [1.29, 1.82) is 0 Å². The number of hydrogen-bond donors (Lipinski definition) is 2. The van der Waals surface area contributed by atoms with Gasteiger partial charge < -0.3 is 20.5 Å². The number of halogens is 1. The molecule has 0 spiro atoms. The molecule has 0 fully saturated rings. The van der Waals surface area contributed by atoms with Gasteiger partial charge in [-0.3, -0.25) is 4.79 Å². The highest BCUT2D eigenvalue weighted by Crippen LogP contribution is 2.35. The van der Waals surface area contributed by atoms with Crippen LogP contribution in [0.2, 0.25) is 0 Å². The van der Waals surface area contributed by atoms with Crippen LogP contribution >= 0.6 is 12.4 Å². The minimum absolute atomic E-state index is 0. The Morgan fingerprint density at radius 2 is 2.22 bits per heavy atom. The number of hydrogen-bond acceptors (Lipinski definition) is 4. The number of benzene rings is 1. The van der Waals surface area contributed by atoms with Crippen LogP contribution in [0.1, 0.15) is 44.7 Å². The van der Waals surface area contributed by atoms with Crippen LogP contribution in [0.25, 0.3) is 0 Å². The predicted octanol–water partition coefficient (Wildman–Crippen LogP) is 2.57. The molecule has 2 atom stereocenters. The van der Waals surface area contributed by atoms with E-state index in [1.165, 1.54) is 0 Å². The largest absolute Gasteiger partial charge is 0.494 e. The van der Waals surface area contributed by atoms with Gasteiger partial charge in [0.2, 0.25) is 5.91 Å². The zero-order valence-electron chi connectivity index (χ0n) is 14.1. The SMILES string of the molecule is CCCC(N)C(=O)NCc1cc2c(cc1OCC)CC(C)O2.Cl. The van der Waals surface area contributed by atoms with Crippen LogP contribution in [0.15, 0.2) is 12.1 Å². The fourth-order valence-electron chi connectivity index (χ4n) is 2.67. The number of fused-ring (bicyclic) bond motifs is 1. The summed E-state index contributed by atoms with van der Waals surface area (Å²) in [4.78, 5) is 12.0. The zero-order chi connectivity index (χ0) is 16.1. The van der Waals surface area contributed by atoms with E-state index < -0.39 is 6.04 Å². The van der Waals surface area contributed by atoms with Crippen LogP contribution in [0.5, 0.6) is 11.5 Å². The van der Waals surface area contributed by atoms with Gasteiger partial charge in [-0.2, -0.15) is 0 Å². The molecular formula is C17H27ClN2O3. The normalized spacial score (nSPS) is 16.8. The van der Waals surface area contributed by atoms with E-state index >= 15 is 0 Å². The molecule has 1 aromatic carbocycles. The first kappa shape index (κ1) is 19.6. The second-order valence-electron chi connectivity index (χ2n) is 5.75. The fourth-order valence-corrected chi connectivity index (χ4v) is 2.67. The molecule has 1 aliphatic heterocycles. The van der Waals surface area contributed by atoms with E-state index in [1.54, 1.807) is 0 Å². The van der Waals surface area contributed by atoms with Gasteiger partial charge in [0.25, 0.3) is 0 Å². The number of nitrogens with one attached hydrogen (secondary N) is 1. The smallest absolute Gasteiger partial charge is 0.237 e. The molecule has 1 aliphatic rings. The number of rotatable bonds is 7. The van der Waals surface area contributed by atoms with Crippen molar-refractivity contribution in [2.75, 3.05) is 6.61 Å². The number of nitrogens with two attached hydrogens (primary N) is 1. The maximum absolute atomic E-state index is 12.0. The summed E-state index contributed by atoms with van der Waals surface area (Å²) in [6.07, 6.45) is 2.66. The number of carbonyl (C=O) groups excluding carboxylic acids is 1. The van der Waals surface area contributed by atoms with E-state index in [0.717, 1.165) is 35.5 Å². The summed E-state index contributed by atoms with van der Waals surface area (Å²) in [6, 6.07) is 3.54. The van der Waals surface area contributed by atoms with Crippen molar-refractivity contribution in [3.05, 3.63) is 23.3 Å². The lowest BCUT2D eigenvalue weighted by atomic mass is 10.1. The monoisotopic (exact) mass is 342 g/mol. The molecule has 1 heterocycles. The molecule has 0 aromatic heterocycles. The molecule has 2 rings (SSSR count). The van der Waals surface area contributed by atoms with Gasteiger partial charge in [0.1, 0.15) is 17.6 Å². The van der Waals surface area contributed by atoms with Gasteiger partial charge in [-0.1, -0.05) is 13.3 Å². The maximum Gasteiger partial charge on any atom is 0.237 e. The Balaban J connectivity index is 0.00000264. The minimum Gasteiger partial charge on any atom is -0.494 e. The lowest BCUT2D eigenvalue weighted by molar-refractivity contribution is -0.122. The second kappa shape index (κ2) is 8.99. The highest BCUT2D eigenvalue weighted by atomic mass is 35.5. The highest BCUT2D eigenvalue weighted by molar-refractivity contribution is 5.85. The summed E-state index contributed by atoms with van der Waals surface area (Å²) in [7, 11) is 0. The molecule has 0 saturated carbocycles. The third-order valence-electron chi connectivity index (χ3n) is 3.77. The molecule has 130 valence electrons. The summed E-state index contributed by atoms with van der Waals surface area (Å²) >= 11 is 0. The van der Waals surface area contributed by atoms with Gasteiger partial charge in [0.15, 0.2) is 0 Å². The molecule has 5 nitrogen and oxygen atoms in total. The van der Waals surface area contributed by atoms with Gasteiger partial charge in [-0.15, -0.1) is 12.4 Å². The average molecular weight is 343 g/mol. The Hall–Kier alpha value is -1.46. The van der Waals surface area contributed by atoms with Crippen LogP contribution in [-0.2, 0) is 17.8 Å². The van der Waals surface area contributed by atoms with Gasteiger partial charge in [0.05, 0.1) is 12.6 Å². The zero-order valence-corrected chi connectivity index (χ0v) is 14.9. The molecule has 23 heavy (non-hydrogen) atoms. The molecule has 0 saturated heterocycles. The summed E-state index contributed by atoms with van der Waals surface area (Å²) in [6.45, 7) is 7.00. The molecule has 1 amide bonds. The Morgan fingerprint density at radius 3 is 2.87 bits per heavy atom. The van der Waals surface area contributed by atoms with E-state index in [4.69, 9.17) is 15.2 Å². The van der Waals surface area contributed by atoms with Crippen LogP contribution in [0.4, 0.5) is 0 Å². The predicted molar refractivity (Wildman–Crippen MR) is 93.4 cm³/mol. The van der Waals surface area contributed by atoms with Crippen LogP contribution in [0.3, 0.4) is 0 Å². The first-order valence-corrected chi connectivity index (χ1v) is 8.03. The fraction of sp³-hybridized carbons (Fsp3) is 0.588. The second-order valence-corrected chi connectivity index (χ2v) is 5.75. The number of amides is 1. The first-order chi connectivity index (χ1) is 10.5. The molecular weight excluding hydrogens is 316 g/mol. The van der Waals surface area contributed by atoms with Crippen molar-refractivity contribution in [2.24, 2.45) is 5.73 Å². The summed E-state index contributed by atoms with van der Waals surface area (Å²) < 4.78 is 11.5. The average Bonchev–Trinajstić information content (AvgIpc) is 2.84.